The van der Waals surface area contributed by atoms with Crippen LogP contribution < -0.4 is 5.73 Å². The van der Waals surface area contributed by atoms with E-state index in [9.17, 15) is 14.0 Å². The molecule has 31 heavy (non-hydrogen) atoms. The lowest BCUT2D eigenvalue weighted by atomic mass is 9.93. The van der Waals surface area contributed by atoms with Gasteiger partial charge in [-0.05, 0) is 43.0 Å². The predicted molar refractivity (Wildman–Crippen MR) is 122 cm³/mol. The van der Waals surface area contributed by atoms with E-state index in [1.165, 1.54) is 10.7 Å². The number of Topliss-reactive ketones (excluding diaryl/α,β-unsaturated/α-hetero) is 1. The number of likely N-dealkylation sites (tertiary alicyclic amines) is 1. The van der Waals surface area contributed by atoms with E-state index in [-0.39, 0.29) is 41.7 Å². The molecular formula is C22H26ClFN4O2S. The highest BCUT2D eigenvalue weighted by atomic mass is 35.5. The molecule has 1 aliphatic carbocycles. The Hall–Kier alpha value is -2.16. The number of rotatable bonds is 7. The number of hydrogen-bond acceptors (Lipinski definition) is 5. The molecule has 9 heteroatoms. The van der Waals surface area contributed by atoms with Crippen molar-refractivity contribution in [1.82, 2.24) is 14.7 Å². The maximum Gasteiger partial charge on any atom is 0.239 e. The van der Waals surface area contributed by atoms with Gasteiger partial charge in [0.2, 0.25) is 5.91 Å². The number of piperidine rings is 1. The largest absolute Gasteiger partial charge is 0.368 e. The summed E-state index contributed by atoms with van der Waals surface area (Å²) in [5, 5.41) is 4.38. The Morgan fingerprint density at radius 2 is 2.00 bits per heavy atom. The van der Waals surface area contributed by atoms with Crippen molar-refractivity contribution in [2.45, 2.75) is 37.1 Å². The zero-order valence-corrected chi connectivity index (χ0v) is 18.7. The van der Waals surface area contributed by atoms with Crippen molar-refractivity contribution < 1.29 is 14.0 Å². The molecule has 2 heterocycles. The van der Waals surface area contributed by atoms with Crippen LogP contribution in [-0.4, -0.2) is 44.7 Å². The number of aromatic nitrogens is 2. The van der Waals surface area contributed by atoms with E-state index in [1.54, 1.807) is 30.5 Å². The van der Waals surface area contributed by atoms with E-state index in [2.05, 4.69) is 10.00 Å². The number of hydrogen-bond donors (Lipinski definition) is 2. The van der Waals surface area contributed by atoms with Crippen molar-refractivity contribution in [2.75, 3.05) is 13.1 Å². The Kier molecular flexibility index (Phi) is 7.56. The Morgan fingerprint density at radius 1 is 1.26 bits per heavy atom. The van der Waals surface area contributed by atoms with Crippen molar-refractivity contribution in [3.05, 3.63) is 59.2 Å². The van der Waals surface area contributed by atoms with Crippen LogP contribution >= 0.6 is 25.0 Å². The third-order valence-corrected chi connectivity index (χ3v) is 6.22. The minimum absolute atomic E-state index is 0. The first-order chi connectivity index (χ1) is 14.4. The number of carbonyl (C=O) groups excluding carboxylic acids is 2. The van der Waals surface area contributed by atoms with Gasteiger partial charge in [-0.3, -0.25) is 19.2 Å². The summed E-state index contributed by atoms with van der Waals surface area (Å²) in [7, 11) is 0. The summed E-state index contributed by atoms with van der Waals surface area (Å²) in [6.45, 7) is 1.19. The predicted octanol–water partition coefficient (Wildman–Crippen LogP) is 3.04. The van der Waals surface area contributed by atoms with Crippen molar-refractivity contribution in [1.29, 1.82) is 0 Å². The van der Waals surface area contributed by atoms with Gasteiger partial charge in [-0.2, -0.15) is 17.7 Å². The zero-order chi connectivity index (χ0) is 21.3. The number of ketones is 1. The number of amides is 1. The number of thiol groups is 1. The summed E-state index contributed by atoms with van der Waals surface area (Å²) in [5.74, 6) is -0.678. The monoisotopic (exact) mass is 464 g/mol. The van der Waals surface area contributed by atoms with Crippen LogP contribution in [0.5, 0.6) is 0 Å². The number of halogens is 2. The van der Waals surface area contributed by atoms with Gasteiger partial charge in [-0.25, -0.2) is 4.39 Å². The van der Waals surface area contributed by atoms with Crippen LogP contribution in [0.3, 0.4) is 0 Å². The lowest BCUT2D eigenvalue weighted by Crippen LogP contribution is -2.42. The summed E-state index contributed by atoms with van der Waals surface area (Å²) in [4.78, 5) is 26.2. The molecule has 2 unspecified atom stereocenters. The van der Waals surface area contributed by atoms with Gasteiger partial charge in [0.05, 0.1) is 11.7 Å². The number of nitrogens with two attached hydrogens (primary N) is 1. The van der Waals surface area contributed by atoms with Crippen LogP contribution in [0.25, 0.3) is 6.08 Å². The third-order valence-electron chi connectivity index (χ3n) is 5.63. The fourth-order valence-electron chi connectivity index (χ4n) is 3.96. The minimum atomic E-state index is -0.588. The smallest absolute Gasteiger partial charge is 0.239 e. The lowest BCUT2D eigenvalue weighted by molar-refractivity contribution is -0.126. The van der Waals surface area contributed by atoms with E-state index >= 15 is 0 Å². The molecule has 0 bridgehead atoms. The van der Waals surface area contributed by atoms with Gasteiger partial charge >= 0.3 is 0 Å². The van der Waals surface area contributed by atoms with E-state index in [4.69, 9.17) is 18.4 Å². The third kappa shape index (κ3) is 5.56. The first-order valence-corrected chi connectivity index (χ1v) is 10.7. The van der Waals surface area contributed by atoms with Gasteiger partial charge in [-0.1, -0.05) is 18.2 Å². The molecule has 2 aliphatic rings. The molecule has 1 amide bonds. The summed E-state index contributed by atoms with van der Waals surface area (Å²) in [6, 6.07) is 7.76. The molecule has 1 aliphatic heterocycles. The summed E-state index contributed by atoms with van der Waals surface area (Å²) in [5.41, 5.74) is 7.37. The standard InChI is InChI=1S/C22H25FN4O2S.ClH/c23-18-4-2-1-3-17(18)21(22(29)14-5-6-14)26-9-8-19(30)15(12-26)11-16-7-10-27(25-16)13-20(24)28;/h1-4,7,10-11,14,19,21,30H,5-6,8-9,12-13H2,(H2,24,28);1H/b15-11-;. The Morgan fingerprint density at radius 3 is 2.68 bits per heavy atom. The van der Waals surface area contributed by atoms with Crippen molar-refractivity contribution in [3.8, 4) is 0 Å². The Labute approximate surface area is 192 Å². The first kappa shape index (κ1) is 23.5. The highest BCUT2D eigenvalue weighted by Gasteiger charge is 2.40. The average molecular weight is 465 g/mol. The highest BCUT2D eigenvalue weighted by Crippen LogP contribution is 2.39. The van der Waals surface area contributed by atoms with E-state index in [1.807, 2.05) is 6.08 Å². The summed E-state index contributed by atoms with van der Waals surface area (Å²) in [6.07, 6.45) is 6.14. The summed E-state index contributed by atoms with van der Waals surface area (Å²) < 4.78 is 16.1. The molecule has 2 fully saturated rings. The van der Waals surface area contributed by atoms with Gasteiger partial charge in [0.25, 0.3) is 0 Å². The average Bonchev–Trinajstić information content (AvgIpc) is 3.47. The van der Waals surface area contributed by atoms with E-state index in [0.29, 0.717) is 24.3 Å². The SMILES string of the molecule is Cl.NC(=O)Cn1ccc(/C=C2/CN(C(C(=O)C3CC3)c3ccccc3F)CCC2S)n1. The Balaban J connectivity index is 0.00000272. The molecule has 2 N–H and O–H groups in total. The molecule has 4 rings (SSSR count). The molecule has 0 spiro atoms. The second-order valence-corrected chi connectivity index (χ2v) is 8.62. The van der Waals surface area contributed by atoms with Crippen LogP contribution in [0.15, 0.2) is 42.1 Å². The molecule has 0 radical (unpaired) electrons. The normalized spacial score (nSPS) is 21.5. The molecule has 2 atom stereocenters. The van der Waals surface area contributed by atoms with E-state index in [0.717, 1.165) is 24.8 Å². The molecule has 1 saturated carbocycles. The molecular weight excluding hydrogens is 439 g/mol. The molecule has 166 valence electrons. The van der Waals surface area contributed by atoms with Crippen LogP contribution in [-0.2, 0) is 16.1 Å². The van der Waals surface area contributed by atoms with Crippen LogP contribution in [0.4, 0.5) is 4.39 Å². The molecule has 6 nitrogen and oxygen atoms in total. The van der Waals surface area contributed by atoms with Gasteiger partial charge in [0.1, 0.15) is 12.4 Å². The fourth-order valence-corrected chi connectivity index (χ4v) is 4.24. The van der Waals surface area contributed by atoms with Crippen LogP contribution in [0.1, 0.15) is 36.6 Å². The first-order valence-electron chi connectivity index (χ1n) is 10.1. The Bertz CT molecular complexity index is 991. The maximum atomic E-state index is 14.6. The molecule has 2 aromatic rings. The van der Waals surface area contributed by atoms with E-state index < -0.39 is 11.9 Å². The molecule has 1 aromatic carbocycles. The topological polar surface area (TPSA) is 81.2 Å². The van der Waals surface area contributed by atoms with Crippen molar-refractivity contribution in [2.24, 2.45) is 11.7 Å². The maximum absolute atomic E-state index is 14.6. The number of primary amides is 1. The van der Waals surface area contributed by atoms with Crippen molar-refractivity contribution >= 4 is 42.8 Å². The second-order valence-electron chi connectivity index (χ2n) is 8.00. The summed E-state index contributed by atoms with van der Waals surface area (Å²) >= 11 is 4.71. The van der Waals surface area contributed by atoms with Gasteiger partial charge in [0.15, 0.2) is 5.78 Å². The second kappa shape index (κ2) is 9.97. The quantitative estimate of drug-likeness (QED) is 0.617. The minimum Gasteiger partial charge on any atom is -0.368 e. The molecule has 1 saturated heterocycles. The lowest BCUT2D eigenvalue weighted by Gasteiger charge is -2.37. The van der Waals surface area contributed by atoms with Gasteiger partial charge < -0.3 is 5.73 Å². The highest BCUT2D eigenvalue weighted by molar-refractivity contribution is 7.81. The van der Waals surface area contributed by atoms with Crippen molar-refractivity contribution in [3.63, 3.8) is 0 Å². The zero-order valence-electron chi connectivity index (χ0n) is 17.0. The number of carbonyl (C=O) groups is 2. The van der Waals surface area contributed by atoms with Gasteiger partial charge in [0, 0.05) is 36.0 Å². The van der Waals surface area contributed by atoms with Crippen LogP contribution in [0.2, 0.25) is 0 Å². The van der Waals surface area contributed by atoms with Crippen LogP contribution in [0, 0.1) is 11.7 Å². The number of benzene rings is 1. The van der Waals surface area contributed by atoms with Gasteiger partial charge in [-0.15, -0.1) is 12.4 Å². The molecule has 1 aromatic heterocycles. The number of nitrogens with zero attached hydrogens (tertiary/aromatic N) is 3. The fraction of sp³-hybridized carbons (Fsp3) is 0.409.